The van der Waals surface area contributed by atoms with Crippen molar-refractivity contribution in [3.8, 4) is 0 Å². The Morgan fingerprint density at radius 2 is 1.67 bits per heavy atom. The van der Waals surface area contributed by atoms with Crippen LogP contribution in [0.5, 0.6) is 0 Å². The summed E-state index contributed by atoms with van der Waals surface area (Å²) in [5, 5.41) is 22.3. The molecule has 4 aliphatic rings. The predicted octanol–water partition coefficient (Wildman–Crippen LogP) is 2.78. The summed E-state index contributed by atoms with van der Waals surface area (Å²) >= 11 is 0. The van der Waals surface area contributed by atoms with Crippen molar-refractivity contribution < 1.29 is 38.9 Å². The highest BCUT2D eigenvalue weighted by molar-refractivity contribution is 6.30. The fourth-order valence-electron chi connectivity index (χ4n) is 9.40. The van der Waals surface area contributed by atoms with Gasteiger partial charge in [-0.2, -0.15) is 0 Å². The summed E-state index contributed by atoms with van der Waals surface area (Å²) in [6, 6.07) is 0. The average molecular weight is 505 g/mol. The van der Waals surface area contributed by atoms with E-state index in [1.54, 1.807) is 13.8 Å². The molecule has 0 aromatic heterocycles. The minimum atomic E-state index is -2.34. The number of Topliss-reactive ketones (excluding diaryl/α,β-unsaturated/α-hetero) is 2. The zero-order valence-electron chi connectivity index (χ0n) is 22.7. The first-order chi connectivity index (χ1) is 16.5. The second kappa shape index (κ2) is 7.73. The molecular weight excluding hydrogens is 464 g/mol. The molecule has 4 aliphatic carbocycles. The molecule has 0 aliphatic heterocycles. The summed E-state index contributed by atoms with van der Waals surface area (Å²) in [4.78, 5) is 53.5. The van der Waals surface area contributed by atoms with E-state index in [-0.39, 0.29) is 24.6 Å². The van der Waals surface area contributed by atoms with Crippen LogP contribution in [0.2, 0.25) is 0 Å². The summed E-state index contributed by atoms with van der Waals surface area (Å²) in [6.45, 7) is 11.6. The number of rotatable bonds is 3. The maximum absolute atomic E-state index is 14.1. The van der Waals surface area contributed by atoms with E-state index in [4.69, 9.17) is 9.47 Å². The van der Waals surface area contributed by atoms with Crippen LogP contribution in [-0.2, 0) is 28.7 Å². The zero-order valence-corrected chi connectivity index (χ0v) is 22.7. The second-order valence-corrected chi connectivity index (χ2v) is 12.8. The number of esters is 2. The largest absolute Gasteiger partial charge is 0.468 e. The molecule has 8 unspecified atom stereocenters. The number of carbonyl (C=O) groups is 4. The smallest absolute Gasteiger partial charge is 0.321 e. The summed E-state index contributed by atoms with van der Waals surface area (Å²) in [7, 11) is 1.20. The van der Waals surface area contributed by atoms with Crippen molar-refractivity contribution in [2.45, 2.75) is 85.9 Å². The molecule has 0 radical (unpaired) electrons. The third-order valence-electron chi connectivity index (χ3n) is 11.1. The van der Waals surface area contributed by atoms with E-state index in [0.29, 0.717) is 31.3 Å². The summed E-state index contributed by atoms with van der Waals surface area (Å²) in [5.74, 6) is -3.23. The van der Waals surface area contributed by atoms with Gasteiger partial charge >= 0.3 is 11.9 Å². The molecule has 0 bridgehead atoms. The van der Waals surface area contributed by atoms with E-state index < -0.39 is 56.1 Å². The fourth-order valence-corrected chi connectivity index (χ4v) is 9.40. The monoisotopic (exact) mass is 504 g/mol. The van der Waals surface area contributed by atoms with E-state index in [9.17, 15) is 29.4 Å². The van der Waals surface area contributed by atoms with Crippen molar-refractivity contribution >= 4 is 23.5 Å². The van der Waals surface area contributed by atoms with Crippen molar-refractivity contribution in [3.05, 3.63) is 11.6 Å². The number of methoxy groups -OCH3 is 1. The van der Waals surface area contributed by atoms with Crippen LogP contribution < -0.4 is 0 Å². The van der Waals surface area contributed by atoms with Crippen LogP contribution in [0.3, 0.4) is 0 Å². The van der Waals surface area contributed by atoms with Gasteiger partial charge in [-0.1, -0.05) is 32.4 Å². The Bertz CT molecular complexity index is 1070. The van der Waals surface area contributed by atoms with Gasteiger partial charge in [-0.3, -0.25) is 19.2 Å². The van der Waals surface area contributed by atoms with Gasteiger partial charge < -0.3 is 19.7 Å². The van der Waals surface area contributed by atoms with Gasteiger partial charge in [-0.05, 0) is 63.7 Å². The van der Waals surface area contributed by atoms with Gasteiger partial charge in [0.05, 0.1) is 12.5 Å². The third kappa shape index (κ3) is 2.67. The lowest BCUT2D eigenvalue weighted by Crippen LogP contribution is -2.71. The Morgan fingerprint density at radius 3 is 2.19 bits per heavy atom. The molecule has 36 heavy (non-hydrogen) atoms. The number of carbonyl (C=O) groups excluding carboxylic acids is 4. The van der Waals surface area contributed by atoms with E-state index in [2.05, 4.69) is 0 Å². The van der Waals surface area contributed by atoms with Crippen LogP contribution in [0, 0.1) is 38.9 Å². The highest BCUT2D eigenvalue weighted by Gasteiger charge is 2.85. The van der Waals surface area contributed by atoms with Crippen LogP contribution >= 0.6 is 0 Å². The van der Waals surface area contributed by atoms with Gasteiger partial charge in [0, 0.05) is 24.4 Å². The first kappa shape index (κ1) is 27.0. The number of allylic oxidation sites excluding steroid dienone is 2. The molecule has 3 saturated carbocycles. The van der Waals surface area contributed by atoms with Crippen LogP contribution in [0.1, 0.15) is 74.1 Å². The Kier molecular flexibility index (Phi) is 5.79. The summed E-state index contributed by atoms with van der Waals surface area (Å²) in [6.07, 6.45) is 3.63. The van der Waals surface area contributed by atoms with Crippen LogP contribution in [0.4, 0.5) is 0 Å². The maximum atomic E-state index is 14.1. The molecule has 0 aromatic rings. The lowest BCUT2D eigenvalue weighted by Gasteiger charge is -2.68. The van der Waals surface area contributed by atoms with Gasteiger partial charge in [0.25, 0.3) is 0 Å². The van der Waals surface area contributed by atoms with Crippen molar-refractivity contribution in [2.24, 2.45) is 38.9 Å². The van der Waals surface area contributed by atoms with Crippen molar-refractivity contribution in [1.82, 2.24) is 0 Å². The number of fused-ring (bicyclic) bond motifs is 5. The normalized spacial score (nSPS) is 47.3. The molecule has 3 fully saturated rings. The van der Waals surface area contributed by atoms with Crippen molar-refractivity contribution in [2.75, 3.05) is 13.7 Å². The van der Waals surface area contributed by atoms with Crippen LogP contribution in [0.15, 0.2) is 11.6 Å². The van der Waals surface area contributed by atoms with Crippen LogP contribution in [0.25, 0.3) is 0 Å². The van der Waals surface area contributed by atoms with E-state index in [0.717, 1.165) is 0 Å². The molecule has 0 aromatic carbocycles. The highest BCUT2D eigenvalue weighted by atomic mass is 16.5. The quantitative estimate of drug-likeness (QED) is 0.341. The summed E-state index contributed by atoms with van der Waals surface area (Å²) < 4.78 is 11.0. The molecule has 0 amide bonds. The van der Waals surface area contributed by atoms with Crippen molar-refractivity contribution in [3.63, 3.8) is 0 Å². The SMILES string of the molecule is COC(=O)C12C(=O)C(C)(O)C(=O)C1(C)C(C)=CC1C3(CO)CCC(OC(C)=O)C(C)(C)C3CCC12C. The van der Waals surface area contributed by atoms with Gasteiger partial charge in [0.15, 0.2) is 22.6 Å². The standard InChI is InChI=1S/C28H40O8/c1-15-13-18-24(5,28(22(33)35-8)21(32)26(7,34)20(31)25(15,28)6)11-9-17-23(3,4)19(36-16(2)30)10-12-27(17,18)14-29/h13,17-19,29,34H,9-12,14H2,1-8H3. The lowest BCUT2D eigenvalue weighted by molar-refractivity contribution is -0.230. The molecule has 0 heterocycles. The molecule has 0 spiro atoms. The van der Waals surface area contributed by atoms with Gasteiger partial charge in [0.2, 0.25) is 0 Å². The van der Waals surface area contributed by atoms with E-state index >= 15 is 0 Å². The predicted molar refractivity (Wildman–Crippen MR) is 129 cm³/mol. The molecule has 8 atom stereocenters. The minimum Gasteiger partial charge on any atom is -0.468 e. The zero-order chi connectivity index (χ0) is 27.3. The lowest BCUT2D eigenvalue weighted by atomic mass is 9.33. The number of aliphatic hydroxyl groups is 2. The third-order valence-corrected chi connectivity index (χ3v) is 11.1. The van der Waals surface area contributed by atoms with Crippen molar-refractivity contribution in [1.29, 1.82) is 0 Å². The van der Waals surface area contributed by atoms with E-state index in [1.165, 1.54) is 21.0 Å². The van der Waals surface area contributed by atoms with Gasteiger partial charge in [0.1, 0.15) is 6.10 Å². The Hall–Kier alpha value is -2.06. The first-order valence-corrected chi connectivity index (χ1v) is 12.9. The number of hydrogen-bond donors (Lipinski definition) is 2. The molecular formula is C28H40O8. The molecule has 200 valence electrons. The van der Waals surface area contributed by atoms with E-state index in [1.807, 2.05) is 26.8 Å². The maximum Gasteiger partial charge on any atom is 0.321 e. The second-order valence-electron chi connectivity index (χ2n) is 12.8. The number of hydrogen-bond acceptors (Lipinski definition) is 8. The first-order valence-electron chi connectivity index (χ1n) is 12.9. The van der Waals surface area contributed by atoms with Crippen LogP contribution in [-0.4, -0.2) is 59.1 Å². The topological polar surface area (TPSA) is 127 Å². The fraction of sp³-hybridized carbons (Fsp3) is 0.786. The Balaban J connectivity index is 2.00. The van der Waals surface area contributed by atoms with Gasteiger partial charge in [-0.25, -0.2) is 0 Å². The van der Waals surface area contributed by atoms with Gasteiger partial charge in [-0.15, -0.1) is 0 Å². The average Bonchev–Trinajstić information content (AvgIpc) is 2.93. The number of aliphatic hydroxyl groups excluding tert-OH is 1. The Labute approximate surface area is 212 Å². The summed E-state index contributed by atoms with van der Waals surface area (Å²) in [5.41, 5.74) is -7.65. The highest BCUT2D eigenvalue weighted by Crippen LogP contribution is 2.76. The Morgan fingerprint density at radius 1 is 1.06 bits per heavy atom. The molecule has 8 nitrogen and oxygen atoms in total. The molecule has 2 N–H and O–H groups in total. The number of ether oxygens (including phenoxy) is 2. The minimum absolute atomic E-state index is 0.0815. The molecule has 0 saturated heterocycles. The number of ketones is 2. The molecule has 4 rings (SSSR count). The molecule has 8 heteroatoms.